The molecule has 1 aromatic carbocycles. The van der Waals surface area contributed by atoms with Gasteiger partial charge in [0.25, 0.3) is 0 Å². The Morgan fingerprint density at radius 2 is 1.84 bits per heavy atom. The summed E-state index contributed by atoms with van der Waals surface area (Å²) in [6.45, 7) is 8.39. The first-order valence-electron chi connectivity index (χ1n) is 7.23. The average molecular weight is 371 g/mol. The van der Waals surface area contributed by atoms with Crippen molar-refractivity contribution >= 4 is 22.6 Å². The lowest BCUT2D eigenvalue weighted by Crippen LogP contribution is -2.50. The molecule has 2 aliphatic heterocycles. The van der Waals surface area contributed by atoms with Crippen LogP contribution in [0.1, 0.15) is 12.0 Å². The van der Waals surface area contributed by atoms with E-state index in [2.05, 4.69) is 62.0 Å². The molecule has 0 radical (unpaired) electrons. The summed E-state index contributed by atoms with van der Waals surface area (Å²) in [5.74, 6) is 0. The SMILES string of the molecule is Ic1ccc(CN2CCN(C3CCNC3)CC2)cc1. The normalized spacial score (nSPS) is 25.8. The summed E-state index contributed by atoms with van der Waals surface area (Å²) in [6.07, 6.45) is 1.33. The molecule has 2 aliphatic rings. The number of hydrogen-bond acceptors (Lipinski definition) is 3. The monoisotopic (exact) mass is 371 g/mol. The fourth-order valence-corrected chi connectivity index (χ4v) is 3.45. The van der Waals surface area contributed by atoms with Crippen molar-refractivity contribution in [2.24, 2.45) is 0 Å². The van der Waals surface area contributed by atoms with Gasteiger partial charge in [-0.05, 0) is 53.3 Å². The zero-order valence-electron chi connectivity index (χ0n) is 11.3. The van der Waals surface area contributed by atoms with Crippen LogP contribution in [0.4, 0.5) is 0 Å². The van der Waals surface area contributed by atoms with Crippen molar-refractivity contribution in [2.45, 2.75) is 19.0 Å². The molecule has 2 heterocycles. The highest BCUT2D eigenvalue weighted by Crippen LogP contribution is 2.14. The molecule has 1 N–H and O–H groups in total. The Morgan fingerprint density at radius 1 is 1.11 bits per heavy atom. The minimum Gasteiger partial charge on any atom is -0.315 e. The highest BCUT2D eigenvalue weighted by molar-refractivity contribution is 14.1. The first-order valence-corrected chi connectivity index (χ1v) is 8.31. The van der Waals surface area contributed by atoms with Gasteiger partial charge in [0.15, 0.2) is 0 Å². The molecular weight excluding hydrogens is 349 g/mol. The molecule has 0 aliphatic carbocycles. The summed E-state index contributed by atoms with van der Waals surface area (Å²) in [5.41, 5.74) is 1.44. The van der Waals surface area contributed by atoms with Crippen molar-refractivity contribution in [1.82, 2.24) is 15.1 Å². The fourth-order valence-electron chi connectivity index (χ4n) is 3.09. The van der Waals surface area contributed by atoms with Crippen LogP contribution in [0.15, 0.2) is 24.3 Å². The number of hydrogen-bond donors (Lipinski definition) is 1. The van der Waals surface area contributed by atoms with Gasteiger partial charge < -0.3 is 5.32 Å². The zero-order chi connectivity index (χ0) is 13.1. The molecule has 2 fully saturated rings. The Bertz CT molecular complexity index is 392. The van der Waals surface area contributed by atoms with E-state index in [4.69, 9.17) is 0 Å². The maximum Gasteiger partial charge on any atom is 0.0234 e. The molecule has 4 heteroatoms. The molecular formula is C15H22IN3. The van der Waals surface area contributed by atoms with Crippen LogP contribution in [0.25, 0.3) is 0 Å². The molecule has 3 nitrogen and oxygen atoms in total. The van der Waals surface area contributed by atoms with E-state index in [0.29, 0.717) is 0 Å². The summed E-state index contributed by atoms with van der Waals surface area (Å²) < 4.78 is 1.32. The number of nitrogens with zero attached hydrogens (tertiary/aromatic N) is 2. The third-order valence-corrected chi connectivity index (χ3v) is 5.00. The Labute approximate surface area is 129 Å². The lowest BCUT2D eigenvalue weighted by atomic mass is 10.1. The molecule has 104 valence electrons. The molecule has 2 saturated heterocycles. The van der Waals surface area contributed by atoms with Gasteiger partial charge in [0, 0.05) is 48.9 Å². The van der Waals surface area contributed by atoms with Crippen LogP contribution >= 0.6 is 22.6 Å². The van der Waals surface area contributed by atoms with Gasteiger partial charge in [-0.15, -0.1) is 0 Å². The Balaban J connectivity index is 1.48. The fraction of sp³-hybridized carbons (Fsp3) is 0.600. The number of rotatable bonds is 3. The maximum atomic E-state index is 3.47. The van der Waals surface area contributed by atoms with Gasteiger partial charge in [0.05, 0.1) is 0 Å². The van der Waals surface area contributed by atoms with E-state index in [9.17, 15) is 0 Å². The van der Waals surface area contributed by atoms with Crippen molar-refractivity contribution in [3.63, 3.8) is 0 Å². The molecule has 3 rings (SSSR count). The predicted molar refractivity (Wildman–Crippen MR) is 87.3 cm³/mol. The number of benzene rings is 1. The third-order valence-electron chi connectivity index (χ3n) is 4.28. The second kappa shape index (κ2) is 6.52. The first-order chi connectivity index (χ1) is 9.31. The van der Waals surface area contributed by atoms with Crippen LogP contribution in [0, 0.1) is 3.57 Å². The quantitative estimate of drug-likeness (QED) is 0.818. The lowest BCUT2D eigenvalue weighted by molar-refractivity contribution is 0.0981. The molecule has 0 saturated carbocycles. The minimum absolute atomic E-state index is 0.792. The summed E-state index contributed by atoms with van der Waals surface area (Å²) in [4.78, 5) is 5.26. The highest BCUT2D eigenvalue weighted by atomic mass is 127. The summed E-state index contributed by atoms with van der Waals surface area (Å²) in [7, 11) is 0. The highest BCUT2D eigenvalue weighted by Gasteiger charge is 2.25. The van der Waals surface area contributed by atoms with E-state index in [1.54, 1.807) is 0 Å². The minimum atomic E-state index is 0.792. The second-order valence-electron chi connectivity index (χ2n) is 5.59. The van der Waals surface area contributed by atoms with E-state index < -0.39 is 0 Å². The predicted octanol–water partition coefficient (Wildman–Crippen LogP) is 1.77. The van der Waals surface area contributed by atoms with E-state index in [1.807, 2.05) is 0 Å². The zero-order valence-corrected chi connectivity index (χ0v) is 13.5. The van der Waals surface area contributed by atoms with Crippen LogP contribution in [0.2, 0.25) is 0 Å². The van der Waals surface area contributed by atoms with Crippen LogP contribution in [0.5, 0.6) is 0 Å². The standard InChI is InChI=1S/C15H22IN3/c16-14-3-1-13(2-4-14)12-18-7-9-19(10-8-18)15-5-6-17-11-15/h1-4,15,17H,5-12H2. The van der Waals surface area contributed by atoms with Gasteiger partial charge in [-0.25, -0.2) is 0 Å². The van der Waals surface area contributed by atoms with Crippen LogP contribution in [-0.2, 0) is 6.54 Å². The van der Waals surface area contributed by atoms with E-state index in [1.165, 1.54) is 54.8 Å². The van der Waals surface area contributed by atoms with E-state index in [0.717, 1.165) is 12.6 Å². The molecule has 1 aromatic rings. The first kappa shape index (κ1) is 13.8. The van der Waals surface area contributed by atoms with Crippen LogP contribution in [-0.4, -0.2) is 55.1 Å². The molecule has 1 atom stereocenters. The molecule has 0 aromatic heterocycles. The molecule has 0 spiro atoms. The van der Waals surface area contributed by atoms with Crippen LogP contribution < -0.4 is 5.32 Å². The lowest BCUT2D eigenvalue weighted by Gasteiger charge is -2.37. The molecule has 0 amide bonds. The largest absolute Gasteiger partial charge is 0.315 e. The smallest absolute Gasteiger partial charge is 0.0234 e. The molecule has 19 heavy (non-hydrogen) atoms. The van der Waals surface area contributed by atoms with Crippen molar-refractivity contribution in [1.29, 1.82) is 0 Å². The third kappa shape index (κ3) is 3.68. The van der Waals surface area contributed by atoms with Crippen molar-refractivity contribution in [3.8, 4) is 0 Å². The molecule has 0 bridgehead atoms. The summed E-state index contributed by atoms with van der Waals surface area (Å²) in [6, 6.07) is 9.72. The van der Waals surface area contributed by atoms with Gasteiger partial charge >= 0.3 is 0 Å². The number of piperazine rings is 1. The van der Waals surface area contributed by atoms with Gasteiger partial charge in [0.1, 0.15) is 0 Å². The van der Waals surface area contributed by atoms with Crippen molar-refractivity contribution < 1.29 is 0 Å². The molecule has 1 unspecified atom stereocenters. The summed E-state index contributed by atoms with van der Waals surface area (Å²) in [5, 5.41) is 3.47. The second-order valence-corrected chi connectivity index (χ2v) is 6.83. The summed E-state index contributed by atoms with van der Waals surface area (Å²) >= 11 is 2.37. The van der Waals surface area contributed by atoms with Gasteiger partial charge in [0.2, 0.25) is 0 Å². The topological polar surface area (TPSA) is 18.5 Å². The average Bonchev–Trinajstić information content (AvgIpc) is 2.96. The van der Waals surface area contributed by atoms with Gasteiger partial charge in [-0.1, -0.05) is 12.1 Å². The maximum absolute atomic E-state index is 3.47. The van der Waals surface area contributed by atoms with Crippen molar-refractivity contribution in [2.75, 3.05) is 39.3 Å². The Hall–Kier alpha value is -0.170. The van der Waals surface area contributed by atoms with Crippen LogP contribution in [0.3, 0.4) is 0 Å². The Morgan fingerprint density at radius 3 is 2.47 bits per heavy atom. The number of halogens is 1. The van der Waals surface area contributed by atoms with E-state index >= 15 is 0 Å². The van der Waals surface area contributed by atoms with Gasteiger partial charge in [-0.3, -0.25) is 9.80 Å². The van der Waals surface area contributed by atoms with Crippen molar-refractivity contribution in [3.05, 3.63) is 33.4 Å². The Kier molecular flexibility index (Phi) is 4.73. The number of nitrogens with one attached hydrogen (secondary N) is 1. The van der Waals surface area contributed by atoms with E-state index in [-0.39, 0.29) is 0 Å². The van der Waals surface area contributed by atoms with Gasteiger partial charge in [-0.2, -0.15) is 0 Å².